The molecule has 0 aliphatic heterocycles. The number of amides is 2. The molecule has 0 saturated carbocycles. The van der Waals surface area contributed by atoms with Crippen LogP contribution in [0.25, 0.3) is 0 Å². The molecule has 20 heavy (non-hydrogen) atoms. The van der Waals surface area contributed by atoms with Gasteiger partial charge in [0.25, 0.3) is 0 Å². The zero-order valence-electron chi connectivity index (χ0n) is 12.1. The predicted octanol–water partition coefficient (Wildman–Crippen LogP) is 1.29. The van der Waals surface area contributed by atoms with E-state index in [1.54, 1.807) is 7.05 Å². The molecule has 5 heteroatoms. The highest BCUT2D eigenvalue weighted by Crippen LogP contribution is 2.12. The van der Waals surface area contributed by atoms with Gasteiger partial charge in [0, 0.05) is 19.2 Å². The monoisotopic (exact) mass is 277 g/mol. The van der Waals surface area contributed by atoms with Crippen LogP contribution in [0.1, 0.15) is 25.3 Å². The highest BCUT2D eigenvalue weighted by atomic mass is 16.2. The van der Waals surface area contributed by atoms with E-state index in [9.17, 15) is 9.59 Å². The number of hydrogen-bond donors (Lipinski definition) is 3. The first kappa shape index (κ1) is 16.2. The molecule has 0 heterocycles. The second kappa shape index (κ2) is 8.32. The van der Waals surface area contributed by atoms with Crippen molar-refractivity contribution in [2.45, 2.75) is 26.2 Å². The lowest BCUT2D eigenvalue weighted by Gasteiger charge is -2.09. The van der Waals surface area contributed by atoms with Crippen molar-refractivity contribution in [1.29, 1.82) is 0 Å². The van der Waals surface area contributed by atoms with Crippen LogP contribution in [0, 0.1) is 5.92 Å². The molecular weight excluding hydrogens is 254 g/mol. The minimum absolute atomic E-state index is 0.00986. The van der Waals surface area contributed by atoms with Gasteiger partial charge in [0.05, 0.1) is 6.42 Å². The zero-order valence-corrected chi connectivity index (χ0v) is 12.1. The minimum Gasteiger partial charge on any atom is -0.359 e. The van der Waals surface area contributed by atoms with Gasteiger partial charge in [0.15, 0.2) is 0 Å². The number of nitrogens with one attached hydrogen (secondary N) is 2. The summed E-state index contributed by atoms with van der Waals surface area (Å²) in [6.45, 7) is 2.63. The second-order valence-electron chi connectivity index (χ2n) is 4.97. The molecule has 1 rings (SSSR count). The number of carbonyl (C=O) groups excluding carboxylic acids is 2. The Hall–Kier alpha value is -1.88. The number of nitrogens with two attached hydrogens (primary N) is 1. The van der Waals surface area contributed by atoms with E-state index >= 15 is 0 Å². The summed E-state index contributed by atoms with van der Waals surface area (Å²) in [7, 11) is 1.61. The number of carbonyl (C=O) groups is 2. The molecule has 1 atom stereocenters. The maximum Gasteiger partial charge on any atom is 0.224 e. The third kappa shape index (κ3) is 5.84. The predicted molar refractivity (Wildman–Crippen MR) is 80.3 cm³/mol. The van der Waals surface area contributed by atoms with Gasteiger partial charge < -0.3 is 16.4 Å². The molecule has 2 amide bonds. The first-order valence-corrected chi connectivity index (χ1v) is 6.84. The Bertz CT molecular complexity index is 443. The van der Waals surface area contributed by atoms with Crippen LogP contribution in [0.3, 0.4) is 0 Å². The summed E-state index contributed by atoms with van der Waals surface area (Å²) in [5.41, 5.74) is 7.18. The van der Waals surface area contributed by atoms with Crippen LogP contribution in [-0.2, 0) is 16.0 Å². The SMILES string of the molecule is CNC(=O)Cc1ccc(NC(=O)CCC(C)CN)cc1. The molecule has 0 aromatic heterocycles. The highest BCUT2D eigenvalue weighted by molar-refractivity contribution is 5.90. The molecule has 0 radical (unpaired) electrons. The zero-order chi connectivity index (χ0) is 15.0. The highest BCUT2D eigenvalue weighted by Gasteiger charge is 2.06. The number of benzene rings is 1. The van der Waals surface area contributed by atoms with Gasteiger partial charge in [0.1, 0.15) is 0 Å². The van der Waals surface area contributed by atoms with Crippen molar-refractivity contribution in [2.75, 3.05) is 18.9 Å². The summed E-state index contributed by atoms with van der Waals surface area (Å²) >= 11 is 0. The van der Waals surface area contributed by atoms with Gasteiger partial charge in [-0.15, -0.1) is 0 Å². The van der Waals surface area contributed by atoms with Crippen LogP contribution in [0.4, 0.5) is 5.69 Å². The van der Waals surface area contributed by atoms with E-state index in [0.29, 0.717) is 25.3 Å². The Labute approximate surface area is 119 Å². The van der Waals surface area contributed by atoms with Gasteiger partial charge in [-0.3, -0.25) is 9.59 Å². The Morgan fingerprint density at radius 3 is 2.40 bits per heavy atom. The fraction of sp³-hybridized carbons (Fsp3) is 0.467. The van der Waals surface area contributed by atoms with Crippen molar-refractivity contribution in [3.8, 4) is 0 Å². The fourth-order valence-electron chi connectivity index (χ4n) is 1.70. The maximum absolute atomic E-state index is 11.7. The standard InChI is InChI=1S/C15H23N3O2/c1-11(10-16)3-8-14(19)18-13-6-4-12(5-7-13)9-15(20)17-2/h4-7,11H,3,8-10,16H2,1-2H3,(H,17,20)(H,18,19). The Morgan fingerprint density at radius 1 is 1.20 bits per heavy atom. The lowest BCUT2D eigenvalue weighted by molar-refractivity contribution is -0.120. The summed E-state index contributed by atoms with van der Waals surface area (Å²) in [6, 6.07) is 7.30. The van der Waals surface area contributed by atoms with Gasteiger partial charge in [-0.25, -0.2) is 0 Å². The summed E-state index contributed by atoms with van der Waals surface area (Å²) in [5.74, 6) is 0.317. The lowest BCUT2D eigenvalue weighted by Crippen LogP contribution is -2.20. The van der Waals surface area contributed by atoms with E-state index in [2.05, 4.69) is 10.6 Å². The Balaban J connectivity index is 2.44. The molecule has 0 bridgehead atoms. The van der Waals surface area contributed by atoms with Crippen LogP contribution >= 0.6 is 0 Å². The van der Waals surface area contributed by atoms with E-state index in [1.165, 1.54) is 0 Å². The summed E-state index contributed by atoms with van der Waals surface area (Å²) in [5, 5.41) is 5.41. The summed E-state index contributed by atoms with van der Waals surface area (Å²) in [6.07, 6.45) is 1.61. The molecular formula is C15H23N3O2. The summed E-state index contributed by atoms with van der Waals surface area (Å²) in [4.78, 5) is 23.0. The van der Waals surface area contributed by atoms with E-state index in [0.717, 1.165) is 17.7 Å². The quantitative estimate of drug-likeness (QED) is 0.702. The molecule has 110 valence electrons. The molecule has 0 saturated heterocycles. The maximum atomic E-state index is 11.7. The van der Waals surface area contributed by atoms with Gasteiger partial charge in [0.2, 0.25) is 11.8 Å². The van der Waals surface area contributed by atoms with Crippen LogP contribution < -0.4 is 16.4 Å². The van der Waals surface area contributed by atoms with E-state index in [4.69, 9.17) is 5.73 Å². The van der Waals surface area contributed by atoms with Crippen molar-refractivity contribution in [1.82, 2.24) is 5.32 Å². The first-order chi connectivity index (χ1) is 9.55. The molecule has 1 unspecified atom stereocenters. The number of hydrogen-bond acceptors (Lipinski definition) is 3. The molecule has 5 nitrogen and oxygen atoms in total. The van der Waals surface area contributed by atoms with Crippen molar-refractivity contribution >= 4 is 17.5 Å². The molecule has 4 N–H and O–H groups in total. The molecule has 0 aliphatic rings. The smallest absolute Gasteiger partial charge is 0.224 e. The topological polar surface area (TPSA) is 84.2 Å². The number of rotatable bonds is 7. The molecule has 1 aromatic rings. The van der Waals surface area contributed by atoms with E-state index < -0.39 is 0 Å². The van der Waals surface area contributed by atoms with Crippen molar-refractivity contribution in [2.24, 2.45) is 11.7 Å². The van der Waals surface area contributed by atoms with Crippen molar-refractivity contribution in [3.05, 3.63) is 29.8 Å². The van der Waals surface area contributed by atoms with Gasteiger partial charge >= 0.3 is 0 Å². The third-order valence-corrected chi connectivity index (χ3v) is 3.15. The largest absolute Gasteiger partial charge is 0.359 e. The number of likely N-dealkylation sites (N-methyl/N-ethyl adjacent to an activating group) is 1. The van der Waals surface area contributed by atoms with Crippen molar-refractivity contribution < 1.29 is 9.59 Å². The number of anilines is 1. The Kier molecular flexibility index (Phi) is 6.73. The van der Waals surface area contributed by atoms with Crippen molar-refractivity contribution in [3.63, 3.8) is 0 Å². The van der Waals surface area contributed by atoms with Crippen LogP contribution in [0.2, 0.25) is 0 Å². The normalized spacial score (nSPS) is 11.8. The minimum atomic E-state index is -0.0300. The Morgan fingerprint density at radius 2 is 1.85 bits per heavy atom. The first-order valence-electron chi connectivity index (χ1n) is 6.84. The van der Waals surface area contributed by atoms with Crippen LogP contribution in [-0.4, -0.2) is 25.4 Å². The van der Waals surface area contributed by atoms with Crippen LogP contribution in [0.5, 0.6) is 0 Å². The van der Waals surface area contributed by atoms with E-state index in [1.807, 2.05) is 31.2 Å². The molecule has 0 fully saturated rings. The average Bonchev–Trinajstić information content (AvgIpc) is 2.46. The van der Waals surface area contributed by atoms with Gasteiger partial charge in [-0.2, -0.15) is 0 Å². The fourth-order valence-corrected chi connectivity index (χ4v) is 1.70. The summed E-state index contributed by atoms with van der Waals surface area (Å²) < 4.78 is 0. The molecule has 1 aromatic carbocycles. The lowest BCUT2D eigenvalue weighted by atomic mass is 10.1. The molecule has 0 aliphatic carbocycles. The second-order valence-corrected chi connectivity index (χ2v) is 4.97. The van der Waals surface area contributed by atoms with Gasteiger partial charge in [-0.1, -0.05) is 19.1 Å². The average molecular weight is 277 g/mol. The van der Waals surface area contributed by atoms with Crippen LogP contribution in [0.15, 0.2) is 24.3 Å². The molecule has 0 spiro atoms. The van der Waals surface area contributed by atoms with Gasteiger partial charge in [-0.05, 0) is 36.6 Å². The third-order valence-electron chi connectivity index (χ3n) is 3.15. The van der Waals surface area contributed by atoms with E-state index in [-0.39, 0.29) is 11.8 Å².